The molecule has 0 spiro atoms. The minimum Gasteiger partial charge on any atom is -0.497 e. The molecule has 0 aliphatic carbocycles. The average molecular weight is 363 g/mol. The fourth-order valence-corrected chi connectivity index (χ4v) is 3.71. The monoisotopic (exact) mass is 363 g/mol. The van der Waals surface area contributed by atoms with Crippen molar-refractivity contribution in [2.24, 2.45) is 0 Å². The van der Waals surface area contributed by atoms with E-state index in [1.54, 1.807) is 7.11 Å². The highest BCUT2D eigenvalue weighted by Gasteiger charge is 2.21. The number of nitrogens with zero attached hydrogens (tertiary/aromatic N) is 3. The van der Waals surface area contributed by atoms with E-state index in [4.69, 9.17) is 9.72 Å². The smallest absolute Gasteiger partial charge is 0.236 e. The Morgan fingerprint density at radius 1 is 1.08 bits per heavy atom. The lowest BCUT2D eigenvalue weighted by molar-refractivity contribution is -0.110. The quantitative estimate of drug-likeness (QED) is 0.497. The highest BCUT2D eigenvalue weighted by molar-refractivity contribution is 8.13. The first-order valence-electron chi connectivity index (χ1n) is 8.33. The number of imidazole rings is 2. The summed E-state index contributed by atoms with van der Waals surface area (Å²) in [4.78, 5) is 21.6. The van der Waals surface area contributed by atoms with Gasteiger partial charge in [-0.25, -0.2) is 9.97 Å². The second-order valence-corrected chi connectivity index (χ2v) is 6.80. The molecule has 2 heterocycles. The van der Waals surface area contributed by atoms with Gasteiger partial charge in [-0.3, -0.25) is 9.20 Å². The zero-order valence-corrected chi connectivity index (χ0v) is 15.3. The second kappa shape index (κ2) is 6.80. The largest absolute Gasteiger partial charge is 0.497 e. The first kappa shape index (κ1) is 16.6. The molecular weight excluding hydrogens is 346 g/mol. The van der Waals surface area contributed by atoms with Gasteiger partial charge in [-0.2, -0.15) is 0 Å². The summed E-state index contributed by atoms with van der Waals surface area (Å²) in [7, 11) is 1.64. The van der Waals surface area contributed by atoms with Crippen LogP contribution in [0.5, 0.6) is 5.75 Å². The van der Waals surface area contributed by atoms with Crippen molar-refractivity contribution in [1.82, 2.24) is 14.4 Å². The number of methoxy groups -OCH3 is 1. The number of rotatable bonds is 4. The number of thioether (sulfide) groups is 1. The van der Waals surface area contributed by atoms with Gasteiger partial charge < -0.3 is 4.74 Å². The number of fused-ring (bicyclic) bond motifs is 3. The standard InChI is InChI=1S/C20H17N3O2S/c1-3-17(24)26-19-18(13-9-11-14(25-2)12-10-13)22-20-21-15-7-5-4-6-8-16(15)23(19)20/h4-12H,3H2,1-2H3. The third-order valence-corrected chi connectivity index (χ3v) is 5.22. The van der Waals surface area contributed by atoms with Crippen LogP contribution >= 0.6 is 11.8 Å². The van der Waals surface area contributed by atoms with Crippen molar-refractivity contribution in [3.63, 3.8) is 0 Å². The SMILES string of the molecule is CCC(=O)Sc1c(-c2ccc(OC)cc2)nc2nc3cccccc3n12. The van der Waals surface area contributed by atoms with Gasteiger partial charge in [-0.15, -0.1) is 0 Å². The third-order valence-electron chi connectivity index (χ3n) is 4.13. The van der Waals surface area contributed by atoms with Gasteiger partial charge in [0.1, 0.15) is 16.5 Å². The van der Waals surface area contributed by atoms with Gasteiger partial charge in [-0.1, -0.05) is 25.1 Å². The molecule has 2 aromatic carbocycles. The van der Waals surface area contributed by atoms with Gasteiger partial charge in [0.05, 0.1) is 18.1 Å². The fraction of sp³-hybridized carbons (Fsp3) is 0.150. The number of carbonyl (C=O) groups excluding carboxylic acids is 1. The lowest BCUT2D eigenvalue weighted by Crippen LogP contribution is -1.93. The van der Waals surface area contributed by atoms with Crippen LogP contribution in [0.1, 0.15) is 13.3 Å². The Balaban J connectivity index is 1.98. The molecule has 0 radical (unpaired) electrons. The van der Waals surface area contributed by atoms with Crippen LogP contribution in [-0.4, -0.2) is 26.6 Å². The summed E-state index contributed by atoms with van der Waals surface area (Å²) >= 11 is 1.22. The Kier molecular flexibility index (Phi) is 4.34. The number of hydrogen-bond donors (Lipinski definition) is 0. The van der Waals surface area contributed by atoms with E-state index in [0.29, 0.717) is 12.2 Å². The average Bonchev–Trinajstić information content (AvgIpc) is 3.09. The van der Waals surface area contributed by atoms with Gasteiger partial charge in [0.15, 0.2) is 5.12 Å². The maximum absolute atomic E-state index is 12.2. The number of hydrogen-bond acceptors (Lipinski definition) is 5. The molecule has 26 heavy (non-hydrogen) atoms. The van der Waals surface area contributed by atoms with E-state index in [9.17, 15) is 4.79 Å². The molecule has 0 aliphatic rings. The van der Waals surface area contributed by atoms with Gasteiger partial charge in [0.25, 0.3) is 0 Å². The van der Waals surface area contributed by atoms with Crippen molar-refractivity contribution >= 4 is 33.7 Å². The minimum absolute atomic E-state index is 0.0937. The van der Waals surface area contributed by atoms with Crippen molar-refractivity contribution in [3.05, 3.63) is 54.6 Å². The summed E-state index contributed by atoms with van der Waals surface area (Å²) in [5.41, 5.74) is 3.47. The Hall–Kier alpha value is -2.86. The van der Waals surface area contributed by atoms with E-state index in [1.165, 1.54) is 11.8 Å². The van der Waals surface area contributed by atoms with E-state index < -0.39 is 0 Å². The van der Waals surface area contributed by atoms with Crippen LogP contribution in [0.4, 0.5) is 0 Å². The summed E-state index contributed by atoms with van der Waals surface area (Å²) in [5.74, 6) is 1.38. The molecule has 6 heteroatoms. The Morgan fingerprint density at radius 3 is 2.58 bits per heavy atom. The van der Waals surface area contributed by atoms with Crippen LogP contribution < -0.4 is 4.74 Å². The van der Waals surface area contributed by atoms with Crippen LogP contribution in [0, 0.1) is 0 Å². The summed E-state index contributed by atoms with van der Waals surface area (Å²) in [5, 5.41) is 0.891. The molecule has 0 atom stereocenters. The molecular formula is C20H17N3O2S. The highest BCUT2D eigenvalue weighted by Crippen LogP contribution is 2.35. The predicted octanol–water partition coefficient (Wildman–Crippen LogP) is 4.59. The number of benzene rings is 1. The maximum atomic E-state index is 12.2. The van der Waals surface area contributed by atoms with E-state index in [2.05, 4.69) is 4.98 Å². The van der Waals surface area contributed by atoms with Gasteiger partial charge >= 0.3 is 0 Å². The van der Waals surface area contributed by atoms with Gasteiger partial charge in [-0.05, 0) is 48.2 Å². The summed E-state index contributed by atoms with van der Waals surface area (Å²) < 4.78 is 7.20. The maximum Gasteiger partial charge on any atom is 0.236 e. The molecule has 0 saturated heterocycles. The lowest BCUT2D eigenvalue weighted by atomic mass is 10.1. The van der Waals surface area contributed by atoms with Crippen LogP contribution in [0.15, 0.2) is 59.6 Å². The second-order valence-electron chi connectivity index (χ2n) is 5.75. The Labute approximate surface area is 155 Å². The molecule has 4 aromatic rings. The van der Waals surface area contributed by atoms with Crippen molar-refractivity contribution in [2.75, 3.05) is 7.11 Å². The molecule has 5 nitrogen and oxygen atoms in total. The third kappa shape index (κ3) is 2.82. The summed E-state index contributed by atoms with van der Waals surface area (Å²) in [6.07, 6.45) is 0.458. The molecule has 0 amide bonds. The molecule has 4 rings (SSSR count). The molecule has 0 unspecified atom stereocenters. The van der Waals surface area contributed by atoms with E-state index in [-0.39, 0.29) is 5.12 Å². The topological polar surface area (TPSA) is 56.5 Å². The van der Waals surface area contributed by atoms with Gasteiger partial charge in [0.2, 0.25) is 5.78 Å². The molecule has 130 valence electrons. The normalized spacial score (nSPS) is 11.2. The van der Waals surface area contributed by atoms with Crippen molar-refractivity contribution in [3.8, 4) is 17.0 Å². The molecule has 2 aromatic heterocycles. The first-order valence-corrected chi connectivity index (χ1v) is 9.15. The van der Waals surface area contributed by atoms with E-state index in [1.807, 2.05) is 65.9 Å². The van der Waals surface area contributed by atoms with E-state index in [0.717, 1.165) is 33.1 Å². The summed E-state index contributed by atoms with van der Waals surface area (Å²) in [6.45, 7) is 1.86. The highest BCUT2D eigenvalue weighted by atomic mass is 32.2. The van der Waals surface area contributed by atoms with Crippen molar-refractivity contribution in [1.29, 1.82) is 0 Å². The zero-order valence-electron chi connectivity index (χ0n) is 14.5. The number of ether oxygens (including phenoxy) is 1. The van der Waals surface area contributed by atoms with Gasteiger partial charge in [0, 0.05) is 12.0 Å². The van der Waals surface area contributed by atoms with Crippen LogP contribution in [0.25, 0.3) is 28.1 Å². The van der Waals surface area contributed by atoms with E-state index >= 15 is 0 Å². The first-order chi connectivity index (χ1) is 12.7. The Morgan fingerprint density at radius 2 is 1.85 bits per heavy atom. The van der Waals surface area contributed by atoms with Crippen molar-refractivity contribution in [2.45, 2.75) is 18.4 Å². The lowest BCUT2D eigenvalue weighted by Gasteiger charge is -2.05. The minimum atomic E-state index is 0.0937. The van der Waals surface area contributed by atoms with Crippen molar-refractivity contribution < 1.29 is 9.53 Å². The van der Waals surface area contributed by atoms with Crippen LogP contribution in [0.3, 0.4) is 0 Å². The van der Waals surface area contributed by atoms with Crippen LogP contribution in [0.2, 0.25) is 0 Å². The Bertz CT molecular complexity index is 1100. The summed E-state index contributed by atoms with van der Waals surface area (Å²) in [6, 6.07) is 17.5. The number of aromatic nitrogens is 3. The molecule has 0 fully saturated rings. The number of carbonyl (C=O) groups is 1. The zero-order chi connectivity index (χ0) is 18.1. The fourth-order valence-electron chi connectivity index (χ4n) is 2.82. The molecule has 0 aliphatic heterocycles. The molecule has 0 bridgehead atoms. The predicted molar refractivity (Wildman–Crippen MR) is 104 cm³/mol. The van der Waals surface area contributed by atoms with Crippen LogP contribution in [-0.2, 0) is 4.79 Å². The molecule has 0 N–H and O–H groups in total. The molecule has 0 saturated carbocycles.